The Morgan fingerprint density at radius 1 is 0.893 bits per heavy atom. The smallest absolute Gasteiger partial charge is 0.165 e. The first kappa shape index (κ1) is 21.1. The standard InChI is InChI=1S/C24H23Br2FO/c1-24(2,18-11-12-20(25)21(26)16-18)14-6-7-17-10-13-22(27)23(15-17)28-19-8-4-3-5-9-19/h3-5,8-13,15-16H,6-7,14H2,1-2H3. The van der Waals surface area contributed by atoms with Gasteiger partial charge in [-0.05, 0) is 104 Å². The molecule has 0 bridgehead atoms. The molecule has 1 nitrogen and oxygen atoms in total. The molecule has 146 valence electrons. The van der Waals surface area contributed by atoms with Crippen LogP contribution in [-0.4, -0.2) is 0 Å². The van der Waals surface area contributed by atoms with Crippen LogP contribution < -0.4 is 4.74 Å². The summed E-state index contributed by atoms with van der Waals surface area (Å²) >= 11 is 7.12. The molecule has 3 aromatic rings. The largest absolute Gasteiger partial charge is 0.454 e. The Labute approximate surface area is 183 Å². The lowest BCUT2D eigenvalue weighted by atomic mass is 9.80. The van der Waals surface area contributed by atoms with Crippen molar-refractivity contribution in [1.82, 2.24) is 0 Å². The van der Waals surface area contributed by atoms with Crippen LogP contribution in [0.5, 0.6) is 11.5 Å². The van der Waals surface area contributed by atoms with E-state index in [-0.39, 0.29) is 17.0 Å². The minimum atomic E-state index is -0.340. The molecule has 0 atom stereocenters. The second kappa shape index (κ2) is 9.23. The summed E-state index contributed by atoms with van der Waals surface area (Å²) in [7, 11) is 0. The Kier molecular flexibility index (Phi) is 6.95. The molecule has 0 unspecified atom stereocenters. The molecule has 0 aromatic heterocycles. The SMILES string of the molecule is CC(C)(CCCc1ccc(F)c(Oc2ccccc2)c1)c1ccc(Br)c(Br)c1. The van der Waals surface area contributed by atoms with Crippen LogP contribution in [-0.2, 0) is 11.8 Å². The predicted octanol–water partition coefficient (Wildman–Crippen LogP) is 8.44. The van der Waals surface area contributed by atoms with E-state index in [0.29, 0.717) is 5.75 Å². The van der Waals surface area contributed by atoms with Crippen molar-refractivity contribution in [3.8, 4) is 11.5 Å². The molecule has 0 aliphatic carbocycles. The van der Waals surface area contributed by atoms with Crippen molar-refractivity contribution in [3.63, 3.8) is 0 Å². The summed E-state index contributed by atoms with van der Waals surface area (Å²) in [4.78, 5) is 0. The molecule has 0 aliphatic heterocycles. The van der Waals surface area contributed by atoms with E-state index in [2.05, 4.69) is 63.9 Å². The Morgan fingerprint density at radius 2 is 1.64 bits per heavy atom. The van der Waals surface area contributed by atoms with Gasteiger partial charge in [0.2, 0.25) is 0 Å². The molecule has 0 saturated heterocycles. The van der Waals surface area contributed by atoms with E-state index >= 15 is 0 Å². The highest BCUT2D eigenvalue weighted by molar-refractivity contribution is 9.13. The van der Waals surface area contributed by atoms with E-state index in [1.165, 1.54) is 11.6 Å². The van der Waals surface area contributed by atoms with E-state index < -0.39 is 0 Å². The summed E-state index contributed by atoms with van der Waals surface area (Å²) in [6, 6.07) is 20.9. The van der Waals surface area contributed by atoms with Gasteiger partial charge in [0.1, 0.15) is 5.75 Å². The second-order valence-corrected chi connectivity index (χ2v) is 9.25. The van der Waals surface area contributed by atoms with Gasteiger partial charge in [0.15, 0.2) is 11.6 Å². The molecule has 0 N–H and O–H groups in total. The Balaban J connectivity index is 1.64. The fourth-order valence-electron chi connectivity index (χ4n) is 3.19. The van der Waals surface area contributed by atoms with Gasteiger partial charge in [-0.3, -0.25) is 0 Å². The van der Waals surface area contributed by atoms with Crippen LogP contribution in [0.15, 0.2) is 75.7 Å². The van der Waals surface area contributed by atoms with Crippen LogP contribution in [0.3, 0.4) is 0 Å². The summed E-state index contributed by atoms with van der Waals surface area (Å²) in [6.45, 7) is 4.52. The highest BCUT2D eigenvalue weighted by Gasteiger charge is 2.21. The average Bonchev–Trinajstić information content (AvgIpc) is 2.67. The molecule has 3 aromatic carbocycles. The van der Waals surface area contributed by atoms with Crippen molar-refractivity contribution in [1.29, 1.82) is 0 Å². The fourth-order valence-corrected chi connectivity index (χ4v) is 3.82. The minimum absolute atomic E-state index is 0.0621. The number of benzene rings is 3. The molecule has 3 rings (SSSR count). The van der Waals surface area contributed by atoms with Crippen molar-refractivity contribution in [2.75, 3.05) is 0 Å². The topological polar surface area (TPSA) is 9.23 Å². The maximum Gasteiger partial charge on any atom is 0.165 e. The second-order valence-electron chi connectivity index (χ2n) is 7.55. The van der Waals surface area contributed by atoms with Crippen LogP contribution in [0.2, 0.25) is 0 Å². The number of hydrogen-bond acceptors (Lipinski definition) is 1. The maximum atomic E-state index is 14.1. The van der Waals surface area contributed by atoms with Crippen LogP contribution in [0.1, 0.15) is 37.8 Å². The summed E-state index contributed by atoms with van der Waals surface area (Å²) in [5, 5.41) is 0. The van der Waals surface area contributed by atoms with Gasteiger partial charge in [0.25, 0.3) is 0 Å². The predicted molar refractivity (Wildman–Crippen MR) is 121 cm³/mol. The van der Waals surface area contributed by atoms with Crippen LogP contribution in [0.25, 0.3) is 0 Å². The molecule has 0 saturated carbocycles. The third-order valence-corrected chi connectivity index (χ3v) is 6.81. The first-order chi connectivity index (χ1) is 13.3. The van der Waals surface area contributed by atoms with Crippen LogP contribution >= 0.6 is 31.9 Å². The first-order valence-corrected chi connectivity index (χ1v) is 10.9. The lowest BCUT2D eigenvalue weighted by molar-refractivity contribution is 0.439. The van der Waals surface area contributed by atoms with Gasteiger partial charge in [-0.15, -0.1) is 0 Å². The lowest BCUT2D eigenvalue weighted by Crippen LogP contribution is -2.17. The quantitative estimate of drug-likeness (QED) is 0.313. The summed E-state index contributed by atoms with van der Waals surface area (Å²) in [5.41, 5.74) is 2.45. The van der Waals surface area contributed by atoms with E-state index in [1.807, 2.05) is 42.5 Å². The number of para-hydroxylation sites is 1. The Bertz CT molecular complexity index is 939. The molecule has 0 heterocycles. The van der Waals surface area contributed by atoms with Crippen molar-refractivity contribution in [2.45, 2.75) is 38.5 Å². The average molecular weight is 506 g/mol. The van der Waals surface area contributed by atoms with E-state index in [1.54, 1.807) is 0 Å². The van der Waals surface area contributed by atoms with Crippen molar-refractivity contribution in [3.05, 3.63) is 92.6 Å². The van der Waals surface area contributed by atoms with Gasteiger partial charge in [0, 0.05) is 8.95 Å². The monoisotopic (exact) mass is 504 g/mol. The van der Waals surface area contributed by atoms with Crippen molar-refractivity contribution in [2.24, 2.45) is 0 Å². The van der Waals surface area contributed by atoms with E-state index in [9.17, 15) is 4.39 Å². The van der Waals surface area contributed by atoms with Gasteiger partial charge in [-0.1, -0.05) is 44.2 Å². The number of rotatable bonds is 7. The fraction of sp³-hybridized carbons (Fsp3) is 0.250. The normalized spacial score (nSPS) is 11.5. The zero-order valence-corrected chi connectivity index (χ0v) is 19.2. The first-order valence-electron chi connectivity index (χ1n) is 9.32. The summed E-state index contributed by atoms with van der Waals surface area (Å²) < 4.78 is 22.0. The van der Waals surface area contributed by atoms with Gasteiger partial charge >= 0.3 is 0 Å². The molecule has 0 radical (unpaired) electrons. The number of aryl methyl sites for hydroxylation is 1. The molecule has 0 aliphatic rings. The molecule has 28 heavy (non-hydrogen) atoms. The van der Waals surface area contributed by atoms with Gasteiger partial charge in [-0.2, -0.15) is 0 Å². The highest BCUT2D eigenvalue weighted by atomic mass is 79.9. The zero-order valence-electron chi connectivity index (χ0n) is 16.0. The lowest BCUT2D eigenvalue weighted by Gasteiger charge is -2.26. The molecular weight excluding hydrogens is 483 g/mol. The maximum absolute atomic E-state index is 14.1. The van der Waals surface area contributed by atoms with E-state index in [0.717, 1.165) is 33.8 Å². The zero-order chi connectivity index (χ0) is 20.1. The minimum Gasteiger partial charge on any atom is -0.454 e. The molecule has 0 fully saturated rings. The number of hydrogen-bond donors (Lipinski definition) is 0. The summed E-state index contributed by atoms with van der Waals surface area (Å²) in [6.07, 6.45) is 2.93. The Morgan fingerprint density at radius 3 is 2.36 bits per heavy atom. The van der Waals surface area contributed by atoms with Crippen molar-refractivity contribution >= 4 is 31.9 Å². The summed E-state index contributed by atoms with van der Waals surface area (Å²) in [5.74, 6) is 0.577. The van der Waals surface area contributed by atoms with Crippen molar-refractivity contribution < 1.29 is 9.13 Å². The third kappa shape index (κ3) is 5.45. The molecule has 0 amide bonds. The molecule has 4 heteroatoms. The van der Waals surface area contributed by atoms with Crippen LogP contribution in [0, 0.1) is 5.82 Å². The number of ether oxygens (including phenoxy) is 1. The Hall–Kier alpha value is -1.65. The molecule has 0 spiro atoms. The third-order valence-electron chi connectivity index (χ3n) is 4.93. The van der Waals surface area contributed by atoms with Gasteiger partial charge in [-0.25, -0.2) is 4.39 Å². The van der Waals surface area contributed by atoms with Gasteiger partial charge in [0.05, 0.1) is 0 Å². The number of halogens is 3. The van der Waals surface area contributed by atoms with Crippen LogP contribution in [0.4, 0.5) is 4.39 Å². The molecular formula is C24H23Br2FO. The van der Waals surface area contributed by atoms with Gasteiger partial charge < -0.3 is 4.74 Å². The van der Waals surface area contributed by atoms with E-state index in [4.69, 9.17) is 4.74 Å². The highest BCUT2D eigenvalue weighted by Crippen LogP contribution is 2.34.